The van der Waals surface area contributed by atoms with Gasteiger partial charge in [-0.1, -0.05) is 19.9 Å². The molecule has 3 aromatic heterocycles. The maximum absolute atomic E-state index is 4.58. The predicted molar refractivity (Wildman–Crippen MR) is 82.1 cm³/mol. The number of thiophene rings is 1. The normalized spacial score (nSPS) is 12.3. The van der Waals surface area contributed by atoms with Crippen molar-refractivity contribution in [2.75, 3.05) is 6.54 Å². The lowest BCUT2D eigenvalue weighted by molar-refractivity contribution is 0.475. The first-order valence-corrected chi connectivity index (χ1v) is 8.07. The SMILES string of the molecule is CC(C)(CNCc1cn2ccsc2n1)c1cccs1. The molecule has 0 radical (unpaired) electrons. The number of fused-ring (bicyclic) bond motifs is 1. The van der Waals surface area contributed by atoms with Crippen LogP contribution >= 0.6 is 22.7 Å². The van der Waals surface area contributed by atoms with E-state index in [1.54, 1.807) is 11.3 Å². The zero-order chi connectivity index (χ0) is 13.3. The summed E-state index contributed by atoms with van der Waals surface area (Å²) in [7, 11) is 0. The van der Waals surface area contributed by atoms with E-state index < -0.39 is 0 Å². The summed E-state index contributed by atoms with van der Waals surface area (Å²) in [6.07, 6.45) is 4.14. The highest BCUT2D eigenvalue weighted by Gasteiger charge is 2.21. The first-order valence-electron chi connectivity index (χ1n) is 6.31. The van der Waals surface area contributed by atoms with Crippen molar-refractivity contribution < 1.29 is 0 Å². The van der Waals surface area contributed by atoms with Crippen LogP contribution in [0.25, 0.3) is 4.96 Å². The Morgan fingerprint density at radius 3 is 2.95 bits per heavy atom. The molecule has 0 unspecified atom stereocenters. The lowest BCUT2D eigenvalue weighted by Gasteiger charge is -2.23. The fourth-order valence-electron chi connectivity index (χ4n) is 2.12. The van der Waals surface area contributed by atoms with Crippen molar-refractivity contribution >= 4 is 27.6 Å². The highest BCUT2D eigenvalue weighted by Crippen LogP contribution is 2.26. The Bertz CT molecular complexity index is 621. The summed E-state index contributed by atoms with van der Waals surface area (Å²) in [5.41, 5.74) is 1.28. The van der Waals surface area contributed by atoms with Gasteiger partial charge in [0, 0.05) is 41.2 Å². The summed E-state index contributed by atoms with van der Waals surface area (Å²) in [4.78, 5) is 7.06. The Morgan fingerprint density at radius 1 is 1.32 bits per heavy atom. The minimum Gasteiger partial charge on any atom is -0.310 e. The summed E-state index contributed by atoms with van der Waals surface area (Å²) in [6.45, 7) is 6.33. The Morgan fingerprint density at radius 2 is 2.21 bits per heavy atom. The van der Waals surface area contributed by atoms with E-state index in [9.17, 15) is 0 Å². The quantitative estimate of drug-likeness (QED) is 0.779. The average Bonchev–Trinajstić information content (AvgIpc) is 3.04. The lowest BCUT2D eigenvalue weighted by Crippen LogP contribution is -2.31. The van der Waals surface area contributed by atoms with Gasteiger partial charge in [-0.25, -0.2) is 4.98 Å². The molecular formula is C14H17N3S2. The minimum atomic E-state index is 0.172. The average molecular weight is 291 g/mol. The van der Waals surface area contributed by atoms with Crippen LogP contribution in [0.1, 0.15) is 24.4 Å². The van der Waals surface area contributed by atoms with E-state index >= 15 is 0 Å². The number of hydrogen-bond donors (Lipinski definition) is 1. The molecule has 0 amide bonds. The van der Waals surface area contributed by atoms with Crippen LogP contribution in [-0.2, 0) is 12.0 Å². The van der Waals surface area contributed by atoms with Gasteiger partial charge >= 0.3 is 0 Å². The Balaban J connectivity index is 1.59. The van der Waals surface area contributed by atoms with Crippen LogP contribution in [0, 0.1) is 0 Å². The first-order chi connectivity index (χ1) is 9.15. The summed E-state index contributed by atoms with van der Waals surface area (Å²) in [6, 6.07) is 4.32. The first kappa shape index (κ1) is 12.8. The highest BCUT2D eigenvalue weighted by atomic mass is 32.1. The standard InChI is InChI=1S/C14H17N3S2/c1-14(2,12-4-3-6-18-12)10-15-8-11-9-17-5-7-19-13(17)16-11/h3-7,9,15H,8,10H2,1-2H3. The molecule has 100 valence electrons. The van der Waals surface area contributed by atoms with Crippen LogP contribution < -0.4 is 5.32 Å². The minimum absolute atomic E-state index is 0.172. The van der Waals surface area contributed by atoms with Crippen molar-refractivity contribution in [3.63, 3.8) is 0 Å². The van der Waals surface area contributed by atoms with Crippen molar-refractivity contribution in [1.82, 2.24) is 14.7 Å². The molecule has 0 aliphatic rings. The van der Waals surface area contributed by atoms with Crippen LogP contribution in [0.5, 0.6) is 0 Å². The van der Waals surface area contributed by atoms with Crippen LogP contribution in [-0.4, -0.2) is 15.9 Å². The highest BCUT2D eigenvalue weighted by molar-refractivity contribution is 7.15. The van der Waals surface area contributed by atoms with Crippen LogP contribution in [0.2, 0.25) is 0 Å². The smallest absolute Gasteiger partial charge is 0.193 e. The molecule has 3 nitrogen and oxygen atoms in total. The second-order valence-electron chi connectivity index (χ2n) is 5.29. The van der Waals surface area contributed by atoms with E-state index in [-0.39, 0.29) is 5.41 Å². The van der Waals surface area contributed by atoms with Gasteiger partial charge in [0.05, 0.1) is 5.69 Å². The molecule has 0 bridgehead atoms. The summed E-state index contributed by atoms with van der Waals surface area (Å²) in [5, 5.41) is 7.71. The van der Waals surface area contributed by atoms with Crippen LogP contribution in [0.3, 0.4) is 0 Å². The van der Waals surface area contributed by atoms with Crippen LogP contribution in [0.15, 0.2) is 35.3 Å². The van der Waals surface area contributed by atoms with Gasteiger partial charge < -0.3 is 5.32 Å². The fourth-order valence-corrected chi connectivity index (χ4v) is 3.69. The van der Waals surface area contributed by atoms with Gasteiger partial charge in [-0.2, -0.15) is 0 Å². The Hall–Kier alpha value is -1.17. The van der Waals surface area contributed by atoms with Gasteiger partial charge in [-0.05, 0) is 11.4 Å². The second-order valence-corrected chi connectivity index (χ2v) is 7.11. The number of hydrogen-bond acceptors (Lipinski definition) is 4. The third kappa shape index (κ3) is 2.73. The number of nitrogens with one attached hydrogen (secondary N) is 1. The van der Waals surface area contributed by atoms with E-state index in [0.717, 1.165) is 23.7 Å². The molecule has 0 saturated carbocycles. The number of thiazole rings is 1. The molecule has 0 aromatic carbocycles. The van der Waals surface area contributed by atoms with Crippen molar-refractivity contribution in [2.45, 2.75) is 25.8 Å². The molecule has 3 aromatic rings. The van der Waals surface area contributed by atoms with E-state index in [1.807, 2.05) is 17.5 Å². The van der Waals surface area contributed by atoms with Gasteiger partial charge in [0.1, 0.15) is 0 Å². The third-order valence-electron chi connectivity index (χ3n) is 3.20. The van der Waals surface area contributed by atoms with E-state index in [0.29, 0.717) is 0 Å². The maximum atomic E-state index is 4.58. The molecule has 3 rings (SSSR count). The lowest BCUT2D eigenvalue weighted by atomic mass is 9.91. The summed E-state index contributed by atoms with van der Waals surface area (Å²) in [5.74, 6) is 0. The number of nitrogens with zero attached hydrogens (tertiary/aromatic N) is 2. The van der Waals surface area contributed by atoms with E-state index in [2.05, 4.69) is 57.6 Å². The molecule has 0 aliphatic heterocycles. The number of rotatable bonds is 5. The fraction of sp³-hybridized carbons (Fsp3) is 0.357. The largest absolute Gasteiger partial charge is 0.310 e. The Labute approximate surface area is 120 Å². The van der Waals surface area contributed by atoms with Crippen molar-refractivity contribution in [1.29, 1.82) is 0 Å². The molecule has 5 heteroatoms. The monoisotopic (exact) mass is 291 g/mol. The van der Waals surface area contributed by atoms with Gasteiger partial charge in [-0.3, -0.25) is 4.40 Å². The topological polar surface area (TPSA) is 29.3 Å². The van der Waals surface area contributed by atoms with Gasteiger partial charge in [0.2, 0.25) is 0 Å². The molecule has 0 saturated heterocycles. The second kappa shape index (κ2) is 5.07. The van der Waals surface area contributed by atoms with E-state index in [4.69, 9.17) is 0 Å². The van der Waals surface area contributed by atoms with E-state index in [1.165, 1.54) is 4.88 Å². The number of imidazole rings is 1. The molecule has 19 heavy (non-hydrogen) atoms. The summed E-state index contributed by atoms with van der Waals surface area (Å²) < 4.78 is 2.08. The summed E-state index contributed by atoms with van der Waals surface area (Å²) >= 11 is 3.49. The zero-order valence-corrected chi connectivity index (χ0v) is 12.7. The predicted octanol–water partition coefficient (Wildman–Crippen LogP) is 3.52. The van der Waals surface area contributed by atoms with Crippen molar-refractivity contribution in [3.05, 3.63) is 45.9 Å². The molecule has 0 aliphatic carbocycles. The molecule has 3 heterocycles. The molecule has 0 fully saturated rings. The van der Waals surface area contributed by atoms with Crippen LogP contribution in [0.4, 0.5) is 0 Å². The molecular weight excluding hydrogens is 274 g/mol. The van der Waals surface area contributed by atoms with Crippen molar-refractivity contribution in [2.24, 2.45) is 0 Å². The molecule has 0 atom stereocenters. The molecule has 1 N–H and O–H groups in total. The maximum Gasteiger partial charge on any atom is 0.193 e. The zero-order valence-electron chi connectivity index (χ0n) is 11.1. The third-order valence-corrected chi connectivity index (χ3v) is 5.21. The number of aromatic nitrogens is 2. The van der Waals surface area contributed by atoms with Crippen molar-refractivity contribution in [3.8, 4) is 0 Å². The Kier molecular flexibility index (Phi) is 3.43. The van der Waals surface area contributed by atoms with Gasteiger partial charge in [0.25, 0.3) is 0 Å². The van der Waals surface area contributed by atoms with Gasteiger partial charge in [-0.15, -0.1) is 22.7 Å². The molecule has 0 spiro atoms. The van der Waals surface area contributed by atoms with Gasteiger partial charge in [0.15, 0.2) is 4.96 Å².